The van der Waals surface area contributed by atoms with Crippen molar-refractivity contribution >= 4 is 28.7 Å². The molecule has 8 nitrogen and oxygen atoms in total. The molecule has 1 aliphatic rings. The molecule has 1 aromatic carbocycles. The average molecular weight is 403 g/mol. The van der Waals surface area contributed by atoms with Crippen LogP contribution in [0.1, 0.15) is 18.4 Å². The van der Waals surface area contributed by atoms with Gasteiger partial charge in [0, 0.05) is 38.2 Å². The first-order valence-corrected chi connectivity index (χ1v) is 9.66. The number of halogens is 1. The van der Waals surface area contributed by atoms with Crippen molar-refractivity contribution < 1.29 is 0 Å². The molecule has 0 saturated carbocycles. The Morgan fingerprint density at radius 3 is 2.68 bits per heavy atom. The first kappa shape index (κ1) is 18.8. The molecule has 28 heavy (non-hydrogen) atoms. The quantitative estimate of drug-likeness (QED) is 0.707. The molecule has 0 aliphatic carbocycles. The summed E-state index contributed by atoms with van der Waals surface area (Å²) in [7, 11) is 3.11. The van der Waals surface area contributed by atoms with Gasteiger partial charge in [-0.15, -0.1) is 0 Å². The molecule has 0 radical (unpaired) electrons. The Morgan fingerprint density at radius 2 is 1.96 bits per heavy atom. The normalized spacial score (nSPS) is 17.4. The molecule has 1 aliphatic heterocycles. The van der Waals surface area contributed by atoms with Gasteiger partial charge in [0.2, 0.25) is 5.95 Å². The number of piperidine rings is 1. The van der Waals surface area contributed by atoms with Crippen LogP contribution in [0.4, 0.5) is 5.95 Å². The lowest BCUT2D eigenvalue weighted by atomic mass is 10.1. The van der Waals surface area contributed by atoms with E-state index in [1.807, 2.05) is 28.8 Å². The van der Waals surface area contributed by atoms with Crippen LogP contribution in [0.3, 0.4) is 0 Å². The summed E-state index contributed by atoms with van der Waals surface area (Å²) in [6.45, 7) is 1.83. The van der Waals surface area contributed by atoms with Crippen LogP contribution in [-0.4, -0.2) is 37.8 Å². The number of hydrogen-bond donors (Lipinski definition) is 1. The van der Waals surface area contributed by atoms with Crippen LogP contribution in [0.5, 0.6) is 0 Å². The summed E-state index contributed by atoms with van der Waals surface area (Å²) in [6, 6.07) is 7.57. The summed E-state index contributed by atoms with van der Waals surface area (Å²) >= 11 is 6.38. The molecule has 2 N–H and O–H groups in total. The van der Waals surface area contributed by atoms with Crippen LogP contribution in [0.15, 0.2) is 33.9 Å². The van der Waals surface area contributed by atoms with E-state index >= 15 is 0 Å². The molecule has 1 saturated heterocycles. The molecule has 2 aromatic heterocycles. The van der Waals surface area contributed by atoms with Crippen molar-refractivity contribution in [3.63, 3.8) is 0 Å². The lowest BCUT2D eigenvalue weighted by molar-refractivity contribution is 0.495. The van der Waals surface area contributed by atoms with Gasteiger partial charge < -0.3 is 10.6 Å². The Balaban J connectivity index is 1.98. The van der Waals surface area contributed by atoms with Gasteiger partial charge in [0.05, 0.1) is 6.54 Å². The highest BCUT2D eigenvalue weighted by molar-refractivity contribution is 6.31. The first-order valence-electron chi connectivity index (χ1n) is 9.28. The van der Waals surface area contributed by atoms with Crippen LogP contribution in [0, 0.1) is 0 Å². The lowest BCUT2D eigenvalue weighted by Gasteiger charge is -2.32. The lowest BCUT2D eigenvalue weighted by Crippen LogP contribution is -2.44. The van der Waals surface area contributed by atoms with E-state index < -0.39 is 5.69 Å². The topological polar surface area (TPSA) is 91.1 Å². The van der Waals surface area contributed by atoms with E-state index in [-0.39, 0.29) is 11.6 Å². The van der Waals surface area contributed by atoms with Gasteiger partial charge in [0.25, 0.3) is 5.56 Å². The molecule has 148 valence electrons. The number of benzene rings is 1. The van der Waals surface area contributed by atoms with Gasteiger partial charge in [-0.3, -0.25) is 18.5 Å². The Bertz CT molecular complexity index is 1160. The third-order valence-electron chi connectivity index (χ3n) is 5.35. The molecule has 3 aromatic rings. The Morgan fingerprint density at radius 1 is 1.21 bits per heavy atom. The fourth-order valence-electron chi connectivity index (χ4n) is 3.81. The number of hydrogen-bond acceptors (Lipinski definition) is 5. The van der Waals surface area contributed by atoms with Gasteiger partial charge in [-0.25, -0.2) is 4.79 Å². The first-order chi connectivity index (χ1) is 13.4. The predicted octanol–water partition coefficient (Wildman–Crippen LogP) is 1.06. The van der Waals surface area contributed by atoms with E-state index in [0.29, 0.717) is 35.2 Å². The second kappa shape index (κ2) is 7.10. The number of anilines is 1. The number of aryl methyl sites for hydroxylation is 1. The maximum atomic E-state index is 13.0. The minimum absolute atomic E-state index is 0.0500. The Labute approximate surface area is 166 Å². The van der Waals surface area contributed by atoms with E-state index in [1.54, 1.807) is 7.05 Å². The Kier molecular flexibility index (Phi) is 4.76. The fraction of sp³-hybridized carbons (Fsp3) is 0.421. The second-order valence-electron chi connectivity index (χ2n) is 7.32. The smallest absolute Gasteiger partial charge is 0.332 e. The summed E-state index contributed by atoms with van der Waals surface area (Å²) in [5.74, 6) is 0.642. The van der Waals surface area contributed by atoms with E-state index in [4.69, 9.17) is 22.3 Å². The predicted molar refractivity (Wildman–Crippen MR) is 110 cm³/mol. The van der Waals surface area contributed by atoms with Crippen LogP contribution in [0.2, 0.25) is 5.02 Å². The van der Waals surface area contributed by atoms with Gasteiger partial charge in [-0.2, -0.15) is 4.98 Å². The van der Waals surface area contributed by atoms with Crippen molar-refractivity contribution in [2.45, 2.75) is 25.4 Å². The highest BCUT2D eigenvalue weighted by Crippen LogP contribution is 2.26. The number of imidazole rings is 1. The van der Waals surface area contributed by atoms with Crippen molar-refractivity contribution in [1.82, 2.24) is 18.7 Å². The average Bonchev–Trinajstić information content (AvgIpc) is 3.06. The Hall–Kier alpha value is -2.58. The molecule has 4 rings (SSSR count). The largest absolute Gasteiger partial charge is 0.341 e. The van der Waals surface area contributed by atoms with E-state index in [0.717, 1.165) is 29.5 Å². The van der Waals surface area contributed by atoms with Crippen LogP contribution < -0.4 is 21.9 Å². The van der Waals surface area contributed by atoms with Gasteiger partial charge in [0.1, 0.15) is 0 Å². The monoisotopic (exact) mass is 402 g/mol. The summed E-state index contributed by atoms with van der Waals surface area (Å²) < 4.78 is 4.38. The number of nitrogens with zero attached hydrogens (tertiary/aromatic N) is 5. The highest BCUT2D eigenvalue weighted by atomic mass is 35.5. The van der Waals surface area contributed by atoms with Crippen molar-refractivity contribution in [3.8, 4) is 0 Å². The number of fused-ring (bicyclic) bond motifs is 1. The van der Waals surface area contributed by atoms with E-state index in [1.165, 1.54) is 11.6 Å². The molecule has 0 spiro atoms. The molecule has 0 unspecified atom stereocenters. The maximum Gasteiger partial charge on any atom is 0.332 e. The van der Waals surface area contributed by atoms with Crippen molar-refractivity contribution in [2.75, 3.05) is 18.0 Å². The summed E-state index contributed by atoms with van der Waals surface area (Å²) in [6.07, 6.45) is 1.91. The molecule has 0 amide bonds. The van der Waals surface area contributed by atoms with Crippen LogP contribution >= 0.6 is 11.6 Å². The highest BCUT2D eigenvalue weighted by Gasteiger charge is 2.26. The minimum atomic E-state index is -0.401. The third kappa shape index (κ3) is 3.02. The van der Waals surface area contributed by atoms with Gasteiger partial charge in [0.15, 0.2) is 11.2 Å². The summed E-state index contributed by atoms with van der Waals surface area (Å²) in [5.41, 5.74) is 7.03. The number of nitrogens with two attached hydrogens (primary N) is 1. The zero-order chi connectivity index (χ0) is 20.0. The summed E-state index contributed by atoms with van der Waals surface area (Å²) in [4.78, 5) is 32.1. The van der Waals surface area contributed by atoms with Gasteiger partial charge >= 0.3 is 5.69 Å². The molecular weight excluding hydrogens is 380 g/mol. The second-order valence-corrected chi connectivity index (χ2v) is 7.72. The zero-order valence-corrected chi connectivity index (χ0v) is 16.7. The third-order valence-corrected chi connectivity index (χ3v) is 5.72. The molecule has 1 atom stereocenters. The standard InChI is InChI=1S/C19H23ClN6O2/c1-23-16-15(17(27)24(2)19(23)28)26(10-12-6-3-4-8-14(12)20)18(22-16)25-9-5-7-13(21)11-25/h3-4,6,8,13H,5,7,9-11,21H2,1-2H3/t13-/m1/s1. The van der Waals surface area contributed by atoms with Crippen molar-refractivity contribution in [3.05, 3.63) is 55.7 Å². The maximum absolute atomic E-state index is 13.0. The molecular formula is C19H23ClN6O2. The van der Waals surface area contributed by atoms with Crippen molar-refractivity contribution in [1.29, 1.82) is 0 Å². The zero-order valence-electron chi connectivity index (χ0n) is 15.9. The minimum Gasteiger partial charge on any atom is -0.341 e. The molecule has 3 heterocycles. The summed E-state index contributed by atoms with van der Waals surface area (Å²) in [5, 5.41) is 0.618. The molecule has 0 bridgehead atoms. The number of rotatable bonds is 3. The van der Waals surface area contributed by atoms with Gasteiger partial charge in [-0.1, -0.05) is 29.8 Å². The van der Waals surface area contributed by atoms with E-state index in [9.17, 15) is 9.59 Å². The van der Waals surface area contributed by atoms with E-state index in [2.05, 4.69) is 4.90 Å². The molecule has 1 fully saturated rings. The van der Waals surface area contributed by atoms with Crippen LogP contribution in [0.25, 0.3) is 11.2 Å². The SMILES string of the molecule is Cn1c(=O)c2c(nc(N3CCC[C@@H](N)C3)n2Cc2ccccc2Cl)n(C)c1=O. The van der Waals surface area contributed by atoms with Gasteiger partial charge in [-0.05, 0) is 24.5 Å². The van der Waals surface area contributed by atoms with Crippen molar-refractivity contribution in [2.24, 2.45) is 19.8 Å². The fourth-order valence-corrected chi connectivity index (χ4v) is 4.01. The number of aromatic nitrogens is 4. The van der Waals surface area contributed by atoms with Crippen LogP contribution in [-0.2, 0) is 20.6 Å². The molecule has 9 heteroatoms.